The number of nitrogens with two attached hydrogens (primary N) is 1. The van der Waals surface area contributed by atoms with Crippen LogP contribution in [0.1, 0.15) is 55.0 Å². The van der Waals surface area contributed by atoms with Gasteiger partial charge in [-0.15, -0.1) is 10.2 Å². The van der Waals surface area contributed by atoms with E-state index in [4.69, 9.17) is 10.2 Å². The molecule has 4 nitrogen and oxygen atoms in total. The van der Waals surface area contributed by atoms with Crippen LogP contribution in [-0.4, -0.2) is 16.1 Å². The first kappa shape index (κ1) is 14.1. The average Bonchev–Trinajstić information content (AvgIpc) is 2.97. The molecule has 1 heterocycles. The lowest BCUT2D eigenvalue weighted by Crippen LogP contribution is -2.23. The van der Waals surface area contributed by atoms with Gasteiger partial charge in [0, 0.05) is 18.8 Å². The number of benzene rings is 1. The van der Waals surface area contributed by atoms with Crippen LogP contribution >= 0.6 is 0 Å². The van der Waals surface area contributed by atoms with E-state index in [9.17, 15) is 8.78 Å². The lowest BCUT2D eigenvalue weighted by Gasteiger charge is -2.25. The van der Waals surface area contributed by atoms with E-state index in [2.05, 4.69) is 10.2 Å². The molecule has 1 atom stereocenters. The van der Waals surface area contributed by atoms with E-state index in [1.807, 2.05) is 30.3 Å². The van der Waals surface area contributed by atoms with E-state index >= 15 is 0 Å². The second-order valence-electron chi connectivity index (χ2n) is 5.50. The molecule has 1 aromatic carbocycles. The minimum atomic E-state index is -2.56. The first-order valence-corrected chi connectivity index (χ1v) is 7.07. The van der Waals surface area contributed by atoms with E-state index in [0.29, 0.717) is 24.6 Å². The van der Waals surface area contributed by atoms with Crippen molar-refractivity contribution >= 4 is 0 Å². The third-order valence-corrected chi connectivity index (χ3v) is 3.95. The summed E-state index contributed by atoms with van der Waals surface area (Å²) in [6, 6.07) is 8.95. The number of rotatable bonds is 3. The second kappa shape index (κ2) is 5.52. The molecular weight excluding hydrogens is 276 g/mol. The Morgan fingerprint density at radius 1 is 1.14 bits per heavy atom. The molecule has 0 saturated heterocycles. The van der Waals surface area contributed by atoms with Crippen molar-refractivity contribution in [3.05, 3.63) is 47.7 Å². The summed E-state index contributed by atoms with van der Waals surface area (Å²) in [6.07, 6.45) is 0.491. The zero-order valence-electron chi connectivity index (χ0n) is 11.5. The van der Waals surface area contributed by atoms with Gasteiger partial charge < -0.3 is 10.2 Å². The number of alkyl halides is 2. The van der Waals surface area contributed by atoms with E-state index in [1.54, 1.807) is 0 Å². The molecule has 3 rings (SSSR count). The summed E-state index contributed by atoms with van der Waals surface area (Å²) in [6.45, 7) is 0. The van der Waals surface area contributed by atoms with Crippen molar-refractivity contribution in [1.82, 2.24) is 10.2 Å². The predicted molar refractivity (Wildman–Crippen MR) is 72.9 cm³/mol. The van der Waals surface area contributed by atoms with Gasteiger partial charge in [-0.1, -0.05) is 30.3 Å². The third-order valence-electron chi connectivity index (χ3n) is 3.95. The average molecular weight is 293 g/mol. The second-order valence-corrected chi connectivity index (χ2v) is 5.50. The van der Waals surface area contributed by atoms with Crippen molar-refractivity contribution in [3.8, 4) is 0 Å². The van der Waals surface area contributed by atoms with Gasteiger partial charge in [0.1, 0.15) is 6.04 Å². The van der Waals surface area contributed by atoms with Crippen molar-refractivity contribution in [2.45, 2.75) is 43.6 Å². The molecular formula is C15H17F2N3O. The Morgan fingerprint density at radius 3 is 2.48 bits per heavy atom. The normalized spacial score (nSPS) is 20.3. The highest BCUT2D eigenvalue weighted by molar-refractivity contribution is 5.22. The number of halogens is 2. The summed E-state index contributed by atoms with van der Waals surface area (Å²) in [5.74, 6) is -1.89. The number of hydrogen-bond donors (Lipinski definition) is 1. The largest absolute Gasteiger partial charge is 0.423 e. The molecule has 21 heavy (non-hydrogen) atoms. The van der Waals surface area contributed by atoms with Crippen LogP contribution in [0.2, 0.25) is 0 Å². The Hall–Kier alpha value is -1.82. The molecule has 1 aliphatic carbocycles. The van der Waals surface area contributed by atoms with Crippen LogP contribution < -0.4 is 5.73 Å². The smallest absolute Gasteiger partial charge is 0.248 e. The summed E-state index contributed by atoms with van der Waals surface area (Å²) in [4.78, 5) is 0. The van der Waals surface area contributed by atoms with Crippen LogP contribution in [0, 0.1) is 0 Å². The Balaban J connectivity index is 1.72. The molecule has 1 aliphatic rings. The molecule has 2 N–H and O–H groups in total. The van der Waals surface area contributed by atoms with Gasteiger partial charge in [0.05, 0.1) is 0 Å². The van der Waals surface area contributed by atoms with Gasteiger partial charge >= 0.3 is 0 Å². The Bertz CT molecular complexity index is 590. The van der Waals surface area contributed by atoms with Crippen LogP contribution in [0.4, 0.5) is 8.78 Å². The molecule has 1 unspecified atom stereocenters. The quantitative estimate of drug-likeness (QED) is 0.941. The summed E-state index contributed by atoms with van der Waals surface area (Å²) in [5.41, 5.74) is 6.96. The van der Waals surface area contributed by atoms with Crippen LogP contribution in [0.15, 0.2) is 34.7 Å². The number of hydrogen-bond acceptors (Lipinski definition) is 4. The zero-order valence-corrected chi connectivity index (χ0v) is 11.5. The topological polar surface area (TPSA) is 64.9 Å². The molecule has 0 spiro atoms. The van der Waals surface area contributed by atoms with Gasteiger partial charge in [-0.25, -0.2) is 8.78 Å². The van der Waals surface area contributed by atoms with Crippen LogP contribution in [0.3, 0.4) is 0 Å². The molecule has 1 fully saturated rings. The fourth-order valence-electron chi connectivity index (χ4n) is 2.63. The molecule has 112 valence electrons. The fraction of sp³-hybridized carbons (Fsp3) is 0.467. The van der Waals surface area contributed by atoms with Crippen molar-refractivity contribution in [2.24, 2.45) is 5.73 Å². The highest BCUT2D eigenvalue weighted by Crippen LogP contribution is 2.40. The zero-order chi connectivity index (χ0) is 14.9. The molecule has 0 radical (unpaired) electrons. The summed E-state index contributed by atoms with van der Waals surface area (Å²) >= 11 is 0. The van der Waals surface area contributed by atoms with E-state index in [0.717, 1.165) is 5.56 Å². The van der Waals surface area contributed by atoms with Crippen molar-refractivity contribution in [3.63, 3.8) is 0 Å². The van der Waals surface area contributed by atoms with Crippen molar-refractivity contribution < 1.29 is 13.2 Å². The van der Waals surface area contributed by atoms with Gasteiger partial charge in [0.25, 0.3) is 0 Å². The van der Waals surface area contributed by atoms with Crippen LogP contribution in [-0.2, 0) is 0 Å². The molecule has 1 saturated carbocycles. The highest BCUT2D eigenvalue weighted by Gasteiger charge is 2.37. The first-order chi connectivity index (χ1) is 10.1. The lowest BCUT2D eigenvalue weighted by molar-refractivity contribution is -0.0399. The molecule has 2 aromatic rings. The van der Waals surface area contributed by atoms with Gasteiger partial charge in [-0.05, 0) is 18.4 Å². The molecule has 0 bridgehead atoms. The molecule has 6 heteroatoms. The number of aromatic nitrogens is 2. The maximum Gasteiger partial charge on any atom is 0.248 e. The monoisotopic (exact) mass is 293 g/mol. The van der Waals surface area contributed by atoms with Crippen LogP contribution in [0.25, 0.3) is 0 Å². The van der Waals surface area contributed by atoms with E-state index in [1.165, 1.54) is 0 Å². The van der Waals surface area contributed by atoms with E-state index in [-0.39, 0.29) is 18.8 Å². The first-order valence-electron chi connectivity index (χ1n) is 7.07. The standard InChI is InChI=1S/C15H17F2N3O/c16-15(17)8-6-11(7-9-15)13-19-20-14(21-13)12(18)10-4-2-1-3-5-10/h1-5,11-12H,6-9,18H2. The summed E-state index contributed by atoms with van der Waals surface area (Å²) in [7, 11) is 0. The molecule has 1 aromatic heterocycles. The fourth-order valence-corrected chi connectivity index (χ4v) is 2.63. The van der Waals surface area contributed by atoms with Crippen LogP contribution in [0.5, 0.6) is 0 Å². The Morgan fingerprint density at radius 2 is 1.81 bits per heavy atom. The minimum absolute atomic E-state index is 0.0890. The van der Waals surface area contributed by atoms with Gasteiger partial charge in [0.15, 0.2) is 0 Å². The van der Waals surface area contributed by atoms with Gasteiger partial charge in [-0.2, -0.15) is 0 Å². The summed E-state index contributed by atoms with van der Waals surface area (Å²) < 4.78 is 31.9. The SMILES string of the molecule is NC(c1ccccc1)c1nnc(C2CCC(F)(F)CC2)o1. The van der Waals surface area contributed by atoms with Gasteiger partial charge in [-0.3, -0.25) is 0 Å². The third kappa shape index (κ3) is 3.10. The van der Waals surface area contributed by atoms with Crippen molar-refractivity contribution in [1.29, 1.82) is 0 Å². The van der Waals surface area contributed by atoms with Crippen molar-refractivity contribution in [2.75, 3.05) is 0 Å². The molecule has 0 aliphatic heterocycles. The minimum Gasteiger partial charge on any atom is -0.423 e. The maximum absolute atomic E-state index is 13.2. The summed E-state index contributed by atoms with van der Waals surface area (Å²) in [5, 5.41) is 7.97. The number of nitrogens with zero attached hydrogens (tertiary/aromatic N) is 2. The Kier molecular flexibility index (Phi) is 3.71. The lowest BCUT2D eigenvalue weighted by atomic mass is 9.87. The predicted octanol–water partition coefficient (Wildman–Crippen LogP) is 3.41. The maximum atomic E-state index is 13.2. The highest BCUT2D eigenvalue weighted by atomic mass is 19.3. The van der Waals surface area contributed by atoms with E-state index < -0.39 is 12.0 Å². The van der Waals surface area contributed by atoms with Gasteiger partial charge in [0.2, 0.25) is 17.7 Å². The molecule has 0 amide bonds. The Labute approximate surface area is 121 Å².